The molecule has 1 aliphatic rings. The molecule has 0 spiro atoms. The Morgan fingerprint density at radius 3 is 2.74 bits per heavy atom. The Morgan fingerprint density at radius 1 is 1.26 bits per heavy atom. The zero-order valence-electron chi connectivity index (χ0n) is 14.9. The van der Waals surface area contributed by atoms with Crippen molar-refractivity contribution in [2.24, 2.45) is 16.8 Å². The number of hydrogen-bond acceptors (Lipinski definition) is 3. The highest BCUT2D eigenvalue weighted by atomic mass is 15.3. The first-order valence-corrected chi connectivity index (χ1v) is 9.11. The molecule has 1 aromatic heterocycles. The summed E-state index contributed by atoms with van der Waals surface area (Å²) < 4.78 is 2.10. The predicted octanol–water partition coefficient (Wildman–Crippen LogP) is 2.22. The molecule has 2 N–H and O–H groups in total. The summed E-state index contributed by atoms with van der Waals surface area (Å²) in [6.07, 6.45) is 8.08. The van der Waals surface area contributed by atoms with E-state index in [2.05, 4.69) is 46.2 Å². The normalized spacial score (nSPS) is 22.1. The summed E-state index contributed by atoms with van der Waals surface area (Å²) in [5.41, 5.74) is 0. The summed E-state index contributed by atoms with van der Waals surface area (Å²) in [6, 6.07) is 0. The van der Waals surface area contributed by atoms with Crippen molar-refractivity contribution in [3.63, 3.8) is 0 Å². The molecule has 1 fully saturated rings. The molecule has 0 aliphatic heterocycles. The van der Waals surface area contributed by atoms with Crippen LogP contribution in [0.15, 0.2) is 11.3 Å². The third-order valence-corrected chi connectivity index (χ3v) is 4.64. The summed E-state index contributed by atoms with van der Waals surface area (Å²) in [5, 5.41) is 14.8. The molecule has 130 valence electrons. The molecule has 1 saturated carbocycles. The molecule has 0 bridgehead atoms. The van der Waals surface area contributed by atoms with Crippen LogP contribution in [-0.4, -0.2) is 40.4 Å². The van der Waals surface area contributed by atoms with Gasteiger partial charge in [0.05, 0.1) is 0 Å². The van der Waals surface area contributed by atoms with Crippen LogP contribution in [-0.2, 0) is 13.0 Å². The van der Waals surface area contributed by atoms with E-state index >= 15 is 0 Å². The summed E-state index contributed by atoms with van der Waals surface area (Å²) in [7, 11) is 0. The van der Waals surface area contributed by atoms with Gasteiger partial charge in [-0.3, -0.25) is 4.99 Å². The Morgan fingerprint density at radius 2 is 2.04 bits per heavy atom. The largest absolute Gasteiger partial charge is 0.357 e. The van der Waals surface area contributed by atoms with Crippen LogP contribution < -0.4 is 10.6 Å². The SMILES string of the molecule is CCNC(=NCC1CCC(C)CC1)NCCn1cnnc1CC. The Hall–Kier alpha value is -1.59. The van der Waals surface area contributed by atoms with Gasteiger partial charge in [0.2, 0.25) is 0 Å². The number of hydrogen-bond donors (Lipinski definition) is 2. The van der Waals surface area contributed by atoms with Gasteiger partial charge in [0, 0.05) is 32.6 Å². The van der Waals surface area contributed by atoms with Crippen LogP contribution in [0.3, 0.4) is 0 Å². The second kappa shape index (κ2) is 9.53. The average Bonchev–Trinajstić information content (AvgIpc) is 3.01. The maximum absolute atomic E-state index is 4.78. The lowest BCUT2D eigenvalue weighted by molar-refractivity contribution is 0.296. The highest BCUT2D eigenvalue weighted by molar-refractivity contribution is 5.79. The van der Waals surface area contributed by atoms with Crippen LogP contribution in [0, 0.1) is 11.8 Å². The summed E-state index contributed by atoms with van der Waals surface area (Å²) in [4.78, 5) is 4.78. The number of guanidine groups is 1. The maximum atomic E-state index is 4.78. The van der Waals surface area contributed by atoms with E-state index in [1.54, 1.807) is 6.33 Å². The number of nitrogens with one attached hydrogen (secondary N) is 2. The minimum Gasteiger partial charge on any atom is -0.357 e. The van der Waals surface area contributed by atoms with Gasteiger partial charge in [0.25, 0.3) is 0 Å². The van der Waals surface area contributed by atoms with Gasteiger partial charge in [0.15, 0.2) is 5.96 Å². The fourth-order valence-corrected chi connectivity index (χ4v) is 3.11. The molecule has 0 atom stereocenters. The first kappa shape index (κ1) is 17.8. The van der Waals surface area contributed by atoms with E-state index in [0.717, 1.165) is 56.2 Å². The van der Waals surface area contributed by atoms with E-state index in [9.17, 15) is 0 Å². The first-order valence-electron chi connectivity index (χ1n) is 9.11. The Labute approximate surface area is 140 Å². The van der Waals surface area contributed by atoms with Crippen molar-refractivity contribution in [3.05, 3.63) is 12.2 Å². The summed E-state index contributed by atoms with van der Waals surface area (Å²) >= 11 is 0. The van der Waals surface area contributed by atoms with E-state index in [-0.39, 0.29) is 0 Å². The highest BCUT2D eigenvalue weighted by Crippen LogP contribution is 2.28. The molecule has 1 aromatic rings. The van der Waals surface area contributed by atoms with E-state index in [1.165, 1.54) is 25.7 Å². The molecule has 0 saturated heterocycles. The van der Waals surface area contributed by atoms with E-state index < -0.39 is 0 Å². The van der Waals surface area contributed by atoms with Crippen molar-refractivity contribution >= 4 is 5.96 Å². The lowest BCUT2D eigenvalue weighted by Crippen LogP contribution is -2.39. The molecule has 23 heavy (non-hydrogen) atoms. The number of rotatable bonds is 7. The van der Waals surface area contributed by atoms with E-state index in [1.807, 2.05) is 0 Å². The number of aliphatic imine (C=N–C) groups is 1. The third kappa shape index (κ3) is 5.84. The molecule has 6 heteroatoms. The topological polar surface area (TPSA) is 67.1 Å². The minimum atomic E-state index is 0.756. The summed E-state index contributed by atoms with van der Waals surface area (Å²) in [5.74, 6) is 3.62. The van der Waals surface area contributed by atoms with Crippen molar-refractivity contribution in [3.8, 4) is 0 Å². The smallest absolute Gasteiger partial charge is 0.191 e. The monoisotopic (exact) mass is 320 g/mol. The van der Waals surface area contributed by atoms with Gasteiger partial charge in [-0.15, -0.1) is 10.2 Å². The maximum Gasteiger partial charge on any atom is 0.191 e. The molecule has 0 radical (unpaired) electrons. The fourth-order valence-electron chi connectivity index (χ4n) is 3.11. The van der Waals surface area contributed by atoms with Crippen LogP contribution in [0.4, 0.5) is 0 Å². The van der Waals surface area contributed by atoms with Crippen LogP contribution in [0.2, 0.25) is 0 Å². The number of aromatic nitrogens is 3. The van der Waals surface area contributed by atoms with Crippen molar-refractivity contribution in [2.45, 2.75) is 59.4 Å². The molecule has 1 aliphatic carbocycles. The standard InChI is InChI=1S/C17H32N6/c1-4-16-22-21-13-23(16)11-10-19-17(18-5-2)20-12-15-8-6-14(3)7-9-15/h13-15H,4-12H2,1-3H3,(H2,18,19,20). The van der Waals surface area contributed by atoms with Gasteiger partial charge in [-0.2, -0.15) is 0 Å². The average molecular weight is 320 g/mol. The van der Waals surface area contributed by atoms with Gasteiger partial charge < -0.3 is 15.2 Å². The zero-order chi connectivity index (χ0) is 16.5. The van der Waals surface area contributed by atoms with Crippen molar-refractivity contribution < 1.29 is 0 Å². The number of aryl methyl sites for hydroxylation is 1. The fraction of sp³-hybridized carbons (Fsp3) is 0.824. The molecule has 0 unspecified atom stereocenters. The van der Waals surface area contributed by atoms with Crippen LogP contribution in [0.5, 0.6) is 0 Å². The number of nitrogens with zero attached hydrogens (tertiary/aromatic N) is 4. The quantitative estimate of drug-likeness (QED) is 0.597. The van der Waals surface area contributed by atoms with Gasteiger partial charge in [0.1, 0.15) is 12.2 Å². The first-order chi connectivity index (χ1) is 11.2. The summed E-state index contributed by atoms with van der Waals surface area (Å²) in [6.45, 7) is 10.1. The van der Waals surface area contributed by atoms with Crippen molar-refractivity contribution in [2.75, 3.05) is 19.6 Å². The Balaban J connectivity index is 1.77. The van der Waals surface area contributed by atoms with Gasteiger partial charge in [-0.1, -0.05) is 26.7 Å². The Kier molecular flexibility index (Phi) is 7.36. The van der Waals surface area contributed by atoms with Crippen molar-refractivity contribution in [1.29, 1.82) is 0 Å². The van der Waals surface area contributed by atoms with Crippen molar-refractivity contribution in [1.82, 2.24) is 25.4 Å². The van der Waals surface area contributed by atoms with Crippen LogP contribution in [0.1, 0.15) is 52.3 Å². The second-order valence-electron chi connectivity index (χ2n) is 6.57. The van der Waals surface area contributed by atoms with Gasteiger partial charge in [-0.05, 0) is 31.6 Å². The molecular weight excluding hydrogens is 288 g/mol. The predicted molar refractivity (Wildman–Crippen MR) is 94.5 cm³/mol. The van der Waals surface area contributed by atoms with E-state index in [0.29, 0.717) is 0 Å². The Bertz CT molecular complexity index is 473. The lowest BCUT2D eigenvalue weighted by Gasteiger charge is -2.25. The van der Waals surface area contributed by atoms with Gasteiger partial charge >= 0.3 is 0 Å². The molecule has 1 heterocycles. The third-order valence-electron chi connectivity index (χ3n) is 4.64. The highest BCUT2D eigenvalue weighted by Gasteiger charge is 2.17. The minimum absolute atomic E-state index is 0.756. The van der Waals surface area contributed by atoms with Crippen LogP contribution in [0.25, 0.3) is 0 Å². The molecular formula is C17H32N6. The molecule has 2 rings (SSSR count). The van der Waals surface area contributed by atoms with Crippen LogP contribution >= 0.6 is 0 Å². The lowest BCUT2D eigenvalue weighted by atomic mass is 9.83. The van der Waals surface area contributed by atoms with E-state index in [4.69, 9.17) is 4.99 Å². The molecule has 6 nitrogen and oxygen atoms in total. The molecule has 0 amide bonds. The molecule has 0 aromatic carbocycles. The van der Waals surface area contributed by atoms with Gasteiger partial charge in [-0.25, -0.2) is 0 Å². The zero-order valence-corrected chi connectivity index (χ0v) is 14.9. The second-order valence-corrected chi connectivity index (χ2v) is 6.57.